The van der Waals surface area contributed by atoms with Gasteiger partial charge in [-0.25, -0.2) is 4.68 Å². The summed E-state index contributed by atoms with van der Waals surface area (Å²) in [5.74, 6) is 0.628. The number of hydrogen-bond acceptors (Lipinski definition) is 8. The van der Waals surface area contributed by atoms with Gasteiger partial charge in [-0.3, -0.25) is 4.79 Å². The van der Waals surface area contributed by atoms with E-state index in [0.717, 1.165) is 11.3 Å². The number of tetrazole rings is 1. The minimum Gasteiger partial charge on any atom is -0.459 e. The lowest BCUT2D eigenvalue weighted by atomic mass is 10.1. The van der Waals surface area contributed by atoms with Gasteiger partial charge in [-0.2, -0.15) is 0 Å². The number of ether oxygens (including phenoxy) is 2. The van der Waals surface area contributed by atoms with Crippen LogP contribution in [0.5, 0.6) is 0 Å². The molecule has 4 atom stereocenters. The molecule has 10 heteroatoms. The largest absolute Gasteiger partial charge is 0.459 e. The molecule has 2 saturated heterocycles. The van der Waals surface area contributed by atoms with Gasteiger partial charge >= 0.3 is 0 Å². The molecule has 5 rings (SSSR count). The van der Waals surface area contributed by atoms with Gasteiger partial charge in [0.1, 0.15) is 18.2 Å². The molecule has 2 aromatic heterocycles. The first kappa shape index (κ1) is 18.8. The first-order chi connectivity index (χ1) is 14.6. The van der Waals surface area contributed by atoms with E-state index in [9.17, 15) is 4.79 Å². The van der Waals surface area contributed by atoms with Gasteiger partial charge < -0.3 is 24.1 Å². The summed E-state index contributed by atoms with van der Waals surface area (Å²) < 4.78 is 18.9. The third kappa shape index (κ3) is 3.23. The van der Waals surface area contributed by atoms with Crippen LogP contribution in [0, 0.1) is 0 Å². The zero-order chi connectivity index (χ0) is 20.7. The standard InChI is InChI=1S/C20H22N6O4/c1-25(2)13-7-5-12(6-8-13)19-22-23-24-26(19)15-11-30-17-14(10-29-18(15)17)21-20(27)16-4-3-9-28-16/h3-9,14-15,17-18H,10-11H2,1-2H3,(H,21,27)/t14-,15+,17-,18+/m0/s1. The molecule has 3 aromatic rings. The van der Waals surface area contributed by atoms with Crippen molar-refractivity contribution in [2.24, 2.45) is 0 Å². The molecule has 0 bridgehead atoms. The number of hydrogen-bond donors (Lipinski definition) is 1. The van der Waals surface area contributed by atoms with Crippen LogP contribution in [0.1, 0.15) is 16.6 Å². The maximum absolute atomic E-state index is 12.3. The highest BCUT2D eigenvalue weighted by Crippen LogP contribution is 2.36. The quantitative estimate of drug-likeness (QED) is 0.667. The normalized spacial score (nSPS) is 25.3. The molecule has 2 aliphatic rings. The van der Waals surface area contributed by atoms with E-state index in [4.69, 9.17) is 13.9 Å². The van der Waals surface area contributed by atoms with Crippen molar-refractivity contribution in [3.63, 3.8) is 0 Å². The molecular formula is C20H22N6O4. The summed E-state index contributed by atoms with van der Waals surface area (Å²) in [7, 11) is 3.99. The molecule has 0 unspecified atom stereocenters. The average molecular weight is 410 g/mol. The Hall–Kier alpha value is -3.24. The summed E-state index contributed by atoms with van der Waals surface area (Å²) in [6.07, 6.45) is 0.937. The number of anilines is 1. The smallest absolute Gasteiger partial charge is 0.287 e. The second kappa shape index (κ2) is 7.54. The molecule has 2 aliphatic heterocycles. The number of fused-ring (bicyclic) bond motifs is 1. The van der Waals surface area contributed by atoms with Gasteiger partial charge in [0.05, 0.1) is 25.5 Å². The zero-order valence-corrected chi connectivity index (χ0v) is 16.6. The van der Waals surface area contributed by atoms with Crippen molar-refractivity contribution in [3.05, 3.63) is 48.4 Å². The molecule has 1 aromatic carbocycles. The Morgan fingerprint density at radius 2 is 1.93 bits per heavy atom. The summed E-state index contributed by atoms with van der Waals surface area (Å²) in [5, 5.41) is 15.2. The third-order valence-electron chi connectivity index (χ3n) is 5.54. The second-order valence-electron chi connectivity index (χ2n) is 7.61. The SMILES string of the molecule is CN(C)c1ccc(-c2nnnn2[C@@H]2CO[C@@H]3[C@@H]2OC[C@@H]3NC(=O)c2ccco2)cc1. The van der Waals surface area contributed by atoms with Crippen LogP contribution in [0.4, 0.5) is 5.69 Å². The minimum absolute atomic E-state index is 0.181. The maximum Gasteiger partial charge on any atom is 0.287 e. The van der Waals surface area contributed by atoms with Gasteiger partial charge in [-0.15, -0.1) is 5.10 Å². The highest BCUT2D eigenvalue weighted by atomic mass is 16.6. The Morgan fingerprint density at radius 3 is 2.67 bits per heavy atom. The highest BCUT2D eigenvalue weighted by molar-refractivity contribution is 5.91. The van der Waals surface area contributed by atoms with Crippen LogP contribution in [0.25, 0.3) is 11.4 Å². The third-order valence-corrected chi connectivity index (χ3v) is 5.54. The molecular weight excluding hydrogens is 388 g/mol. The van der Waals surface area contributed by atoms with Crippen molar-refractivity contribution < 1.29 is 18.7 Å². The van der Waals surface area contributed by atoms with Gasteiger partial charge in [0, 0.05) is 25.3 Å². The van der Waals surface area contributed by atoms with E-state index >= 15 is 0 Å². The molecule has 2 fully saturated rings. The molecule has 1 N–H and O–H groups in total. The first-order valence-electron chi connectivity index (χ1n) is 9.75. The van der Waals surface area contributed by atoms with E-state index < -0.39 is 0 Å². The van der Waals surface area contributed by atoms with Gasteiger partial charge in [0.25, 0.3) is 5.91 Å². The number of aromatic nitrogens is 4. The molecule has 0 spiro atoms. The lowest BCUT2D eigenvalue weighted by Crippen LogP contribution is -2.44. The van der Waals surface area contributed by atoms with Crippen molar-refractivity contribution >= 4 is 11.6 Å². The summed E-state index contributed by atoms with van der Waals surface area (Å²) in [6, 6.07) is 10.9. The number of furan rings is 1. The number of amides is 1. The van der Waals surface area contributed by atoms with Gasteiger partial charge in [-0.1, -0.05) is 0 Å². The summed E-state index contributed by atoms with van der Waals surface area (Å²) >= 11 is 0. The Bertz CT molecular complexity index is 1020. The van der Waals surface area contributed by atoms with E-state index in [1.54, 1.807) is 16.8 Å². The van der Waals surface area contributed by atoms with Crippen LogP contribution in [0.15, 0.2) is 47.1 Å². The molecule has 4 heterocycles. The number of benzene rings is 1. The Labute approximate surface area is 172 Å². The number of nitrogens with zero attached hydrogens (tertiary/aromatic N) is 5. The topological polar surface area (TPSA) is 108 Å². The van der Waals surface area contributed by atoms with Gasteiger partial charge in [0.2, 0.25) is 0 Å². The summed E-state index contributed by atoms with van der Waals surface area (Å²) in [5.41, 5.74) is 2.01. The summed E-state index contributed by atoms with van der Waals surface area (Å²) in [4.78, 5) is 14.4. The van der Waals surface area contributed by atoms with Crippen molar-refractivity contribution in [3.8, 4) is 11.4 Å². The number of carbonyl (C=O) groups is 1. The predicted molar refractivity (Wildman–Crippen MR) is 106 cm³/mol. The molecule has 10 nitrogen and oxygen atoms in total. The van der Waals surface area contributed by atoms with Crippen LogP contribution in [-0.2, 0) is 9.47 Å². The molecule has 30 heavy (non-hydrogen) atoms. The average Bonchev–Trinajstić information content (AvgIpc) is 3.53. The fourth-order valence-corrected chi connectivity index (χ4v) is 3.98. The molecule has 156 valence electrons. The van der Waals surface area contributed by atoms with Gasteiger partial charge in [0.15, 0.2) is 11.6 Å². The predicted octanol–water partition coefficient (Wildman–Crippen LogP) is 1.14. The van der Waals surface area contributed by atoms with Crippen LogP contribution < -0.4 is 10.2 Å². The number of nitrogens with one attached hydrogen (secondary N) is 1. The van der Waals surface area contributed by atoms with Crippen molar-refractivity contribution in [1.82, 2.24) is 25.5 Å². The fourth-order valence-electron chi connectivity index (χ4n) is 3.98. The zero-order valence-electron chi connectivity index (χ0n) is 16.6. The lowest BCUT2D eigenvalue weighted by Gasteiger charge is -2.18. The first-order valence-corrected chi connectivity index (χ1v) is 9.75. The van der Waals surface area contributed by atoms with Crippen LogP contribution in [0.3, 0.4) is 0 Å². The minimum atomic E-state index is -0.287. The lowest BCUT2D eigenvalue weighted by molar-refractivity contribution is 0.0613. The van der Waals surface area contributed by atoms with Crippen molar-refractivity contribution in [2.75, 3.05) is 32.2 Å². The second-order valence-corrected chi connectivity index (χ2v) is 7.61. The van der Waals surface area contributed by atoms with Crippen molar-refractivity contribution in [1.29, 1.82) is 0 Å². The fraction of sp³-hybridized carbons (Fsp3) is 0.400. The molecule has 0 saturated carbocycles. The van der Waals surface area contributed by atoms with Crippen LogP contribution in [0.2, 0.25) is 0 Å². The highest BCUT2D eigenvalue weighted by Gasteiger charge is 2.50. The molecule has 0 aliphatic carbocycles. The summed E-state index contributed by atoms with van der Waals surface area (Å²) in [6.45, 7) is 0.754. The van der Waals surface area contributed by atoms with E-state index in [1.165, 1.54) is 6.26 Å². The van der Waals surface area contributed by atoms with E-state index in [2.05, 4.69) is 20.8 Å². The Morgan fingerprint density at radius 1 is 1.13 bits per heavy atom. The maximum atomic E-state index is 12.3. The number of rotatable bonds is 5. The van der Waals surface area contributed by atoms with E-state index in [-0.39, 0.29) is 36.0 Å². The van der Waals surface area contributed by atoms with E-state index in [1.807, 2.05) is 43.3 Å². The van der Waals surface area contributed by atoms with Crippen molar-refractivity contribution in [2.45, 2.75) is 24.3 Å². The molecule has 0 radical (unpaired) electrons. The molecule has 1 amide bonds. The monoisotopic (exact) mass is 410 g/mol. The van der Waals surface area contributed by atoms with E-state index in [0.29, 0.717) is 19.0 Å². The Balaban J connectivity index is 1.33. The van der Waals surface area contributed by atoms with Crippen LogP contribution in [-0.4, -0.2) is 71.7 Å². The number of carbonyl (C=O) groups excluding carboxylic acids is 1. The van der Waals surface area contributed by atoms with Crippen LogP contribution >= 0.6 is 0 Å². The van der Waals surface area contributed by atoms with Gasteiger partial charge in [-0.05, 0) is 46.8 Å². The Kier molecular flexibility index (Phi) is 4.72.